The van der Waals surface area contributed by atoms with Crippen molar-refractivity contribution in [1.29, 1.82) is 0 Å². The Hall–Kier alpha value is -1.94. The van der Waals surface area contributed by atoms with Gasteiger partial charge < -0.3 is 10.1 Å². The lowest BCUT2D eigenvalue weighted by Gasteiger charge is -2.20. The Morgan fingerprint density at radius 1 is 1.24 bits per heavy atom. The molecule has 0 fully saturated rings. The largest absolute Gasteiger partial charge is 0.376 e. The Kier molecular flexibility index (Phi) is 3.88. The van der Waals surface area contributed by atoms with Crippen molar-refractivity contribution in [1.82, 2.24) is 9.97 Å². The lowest BCUT2D eigenvalue weighted by atomic mass is 10.0. The number of hydrogen-bond acceptors (Lipinski definition) is 4. The van der Waals surface area contributed by atoms with Gasteiger partial charge in [0.2, 0.25) is 0 Å². The summed E-state index contributed by atoms with van der Waals surface area (Å²) in [7, 11) is 0. The number of hydrogen-bond donors (Lipinski definition) is 1. The topological polar surface area (TPSA) is 47.0 Å². The van der Waals surface area contributed by atoms with Crippen LogP contribution in [0.5, 0.6) is 0 Å². The van der Waals surface area contributed by atoms with Crippen LogP contribution in [0.15, 0.2) is 18.2 Å². The van der Waals surface area contributed by atoms with Crippen LogP contribution in [-0.4, -0.2) is 23.1 Å². The van der Waals surface area contributed by atoms with Crippen molar-refractivity contribution in [2.75, 3.05) is 18.5 Å². The molecule has 1 aromatic heterocycles. The van der Waals surface area contributed by atoms with Gasteiger partial charge in [0.25, 0.3) is 0 Å². The van der Waals surface area contributed by atoms with E-state index in [-0.39, 0.29) is 0 Å². The summed E-state index contributed by atoms with van der Waals surface area (Å²) in [5.41, 5.74) is 5.80. The second kappa shape index (κ2) is 5.82. The summed E-state index contributed by atoms with van der Waals surface area (Å²) in [5.74, 6) is 1.72. The van der Waals surface area contributed by atoms with Gasteiger partial charge in [-0.05, 0) is 26.3 Å². The number of aryl methyl sites for hydroxylation is 2. The zero-order chi connectivity index (χ0) is 14.8. The fraction of sp³-hybridized carbons (Fsp3) is 0.412. The summed E-state index contributed by atoms with van der Waals surface area (Å²) in [5, 5.41) is 3.35. The Morgan fingerprint density at radius 2 is 2.10 bits per heavy atom. The molecule has 1 aliphatic rings. The lowest BCUT2D eigenvalue weighted by Crippen LogP contribution is -2.17. The van der Waals surface area contributed by atoms with Gasteiger partial charge in [0.05, 0.1) is 18.9 Å². The molecule has 0 spiro atoms. The fourth-order valence-corrected chi connectivity index (χ4v) is 2.73. The average molecular weight is 283 g/mol. The van der Waals surface area contributed by atoms with Crippen molar-refractivity contribution in [3.05, 3.63) is 40.6 Å². The van der Waals surface area contributed by atoms with E-state index in [0.717, 1.165) is 48.0 Å². The minimum Gasteiger partial charge on any atom is -0.376 e. The summed E-state index contributed by atoms with van der Waals surface area (Å²) in [6.45, 7) is 8.48. The van der Waals surface area contributed by atoms with Crippen LogP contribution in [0.1, 0.15) is 29.3 Å². The van der Waals surface area contributed by atoms with Crippen LogP contribution in [-0.2, 0) is 17.8 Å². The summed E-state index contributed by atoms with van der Waals surface area (Å²) in [6.07, 6.45) is 0.855. The predicted molar refractivity (Wildman–Crippen MR) is 84.5 cm³/mol. The maximum absolute atomic E-state index is 5.55. The zero-order valence-electron chi connectivity index (χ0n) is 12.9. The van der Waals surface area contributed by atoms with Crippen LogP contribution in [0, 0.1) is 13.8 Å². The molecule has 1 aromatic carbocycles. The van der Waals surface area contributed by atoms with E-state index in [1.165, 1.54) is 11.1 Å². The number of rotatable bonds is 3. The third-order valence-electron chi connectivity index (χ3n) is 3.79. The highest BCUT2D eigenvalue weighted by atomic mass is 16.5. The predicted octanol–water partition coefficient (Wildman–Crippen LogP) is 3.26. The Balaban J connectivity index is 2.12. The molecule has 21 heavy (non-hydrogen) atoms. The maximum atomic E-state index is 5.55. The molecule has 0 unspecified atom stereocenters. The molecule has 1 aliphatic heterocycles. The third kappa shape index (κ3) is 2.76. The van der Waals surface area contributed by atoms with Crippen molar-refractivity contribution in [3.8, 4) is 11.4 Å². The van der Waals surface area contributed by atoms with E-state index in [4.69, 9.17) is 14.7 Å². The van der Waals surface area contributed by atoms with Crippen LogP contribution in [0.2, 0.25) is 0 Å². The minimum absolute atomic E-state index is 0.602. The van der Waals surface area contributed by atoms with Crippen LogP contribution in [0.3, 0.4) is 0 Å². The second-order valence-corrected chi connectivity index (χ2v) is 5.47. The molecule has 4 nitrogen and oxygen atoms in total. The van der Waals surface area contributed by atoms with Gasteiger partial charge >= 0.3 is 0 Å². The number of ether oxygens (including phenoxy) is 1. The van der Waals surface area contributed by atoms with E-state index in [9.17, 15) is 0 Å². The molecule has 0 bridgehead atoms. The van der Waals surface area contributed by atoms with E-state index in [1.54, 1.807) is 0 Å². The first-order valence-corrected chi connectivity index (χ1v) is 7.48. The lowest BCUT2D eigenvalue weighted by molar-refractivity contribution is 0.109. The van der Waals surface area contributed by atoms with E-state index in [2.05, 4.69) is 44.3 Å². The molecule has 3 rings (SSSR count). The van der Waals surface area contributed by atoms with Crippen LogP contribution in [0.25, 0.3) is 11.4 Å². The summed E-state index contributed by atoms with van der Waals surface area (Å²) in [6, 6.07) is 6.40. The highest BCUT2D eigenvalue weighted by Crippen LogP contribution is 2.28. The smallest absolute Gasteiger partial charge is 0.162 e. The second-order valence-electron chi connectivity index (χ2n) is 5.47. The first-order valence-electron chi connectivity index (χ1n) is 7.48. The van der Waals surface area contributed by atoms with Gasteiger partial charge in [0, 0.05) is 24.1 Å². The molecule has 0 radical (unpaired) electrons. The van der Waals surface area contributed by atoms with Gasteiger partial charge in [0.1, 0.15) is 5.82 Å². The Labute approximate surface area is 125 Å². The molecular weight excluding hydrogens is 262 g/mol. The Morgan fingerprint density at radius 3 is 2.86 bits per heavy atom. The van der Waals surface area contributed by atoms with Crippen LogP contribution in [0.4, 0.5) is 5.82 Å². The van der Waals surface area contributed by atoms with E-state index in [0.29, 0.717) is 6.61 Å². The van der Waals surface area contributed by atoms with Crippen molar-refractivity contribution >= 4 is 5.82 Å². The standard InChI is InChI=1S/C17H21N3O/c1-4-18-16-14-10-21-8-7-15(14)19-17(20-16)13-6-5-11(2)9-12(13)3/h5-6,9H,4,7-8,10H2,1-3H3,(H,18,19,20). The van der Waals surface area contributed by atoms with Gasteiger partial charge in [-0.25, -0.2) is 9.97 Å². The molecule has 2 heterocycles. The van der Waals surface area contributed by atoms with E-state index < -0.39 is 0 Å². The molecule has 1 N–H and O–H groups in total. The molecule has 0 amide bonds. The van der Waals surface area contributed by atoms with E-state index >= 15 is 0 Å². The maximum Gasteiger partial charge on any atom is 0.162 e. The zero-order valence-corrected chi connectivity index (χ0v) is 12.9. The van der Waals surface area contributed by atoms with Gasteiger partial charge in [0.15, 0.2) is 5.82 Å². The van der Waals surface area contributed by atoms with Gasteiger partial charge in [-0.15, -0.1) is 0 Å². The molecule has 110 valence electrons. The number of aromatic nitrogens is 2. The summed E-state index contributed by atoms with van der Waals surface area (Å²) in [4.78, 5) is 9.52. The third-order valence-corrected chi connectivity index (χ3v) is 3.79. The normalized spacial score (nSPS) is 13.9. The van der Waals surface area contributed by atoms with Crippen LogP contribution >= 0.6 is 0 Å². The highest BCUT2D eigenvalue weighted by molar-refractivity contribution is 5.64. The number of nitrogens with one attached hydrogen (secondary N) is 1. The molecule has 4 heteroatoms. The van der Waals surface area contributed by atoms with Crippen molar-refractivity contribution in [2.45, 2.75) is 33.8 Å². The van der Waals surface area contributed by atoms with Crippen molar-refractivity contribution < 1.29 is 4.74 Å². The molecule has 0 atom stereocenters. The quantitative estimate of drug-likeness (QED) is 0.939. The first kappa shape index (κ1) is 14.0. The SMILES string of the molecule is CCNc1nc(-c2ccc(C)cc2C)nc2c1COCC2. The fourth-order valence-electron chi connectivity index (χ4n) is 2.73. The number of benzene rings is 1. The number of anilines is 1. The molecule has 0 saturated carbocycles. The monoisotopic (exact) mass is 283 g/mol. The van der Waals surface area contributed by atoms with Gasteiger partial charge in [-0.2, -0.15) is 0 Å². The highest BCUT2D eigenvalue weighted by Gasteiger charge is 2.19. The number of fused-ring (bicyclic) bond motifs is 1. The van der Waals surface area contributed by atoms with E-state index in [1.807, 2.05) is 0 Å². The summed E-state index contributed by atoms with van der Waals surface area (Å²) < 4.78 is 5.55. The van der Waals surface area contributed by atoms with Crippen molar-refractivity contribution in [2.24, 2.45) is 0 Å². The molecule has 0 saturated heterocycles. The van der Waals surface area contributed by atoms with Crippen LogP contribution < -0.4 is 5.32 Å². The minimum atomic E-state index is 0.602. The average Bonchev–Trinajstić information content (AvgIpc) is 2.47. The van der Waals surface area contributed by atoms with Gasteiger partial charge in [-0.3, -0.25) is 0 Å². The van der Waals surface area contributed by atoms with Gasteiger partial charge in [-0.1, -0.05) is 23.8 Å². The molecule has 2 aromatic rings. The molecule has 0 aliphatic carbocycles. The summed E-state index contributed by atoms with van der Waals surface area (Å²) >= 11 is 0. The Bertz CT molecular complexity index is 667. The number of nitrogens with zero attached hydrogens (tertiary/aromatic N) is 2. The van der Waals surface area contributed by atoms with Crippen molar-refractivity contribution in [3.63, 3.8) is 0 Å². The molecular formula is C17H21N3O. The first-order chi connectivity index (χ1) is 10.2.